The Balaban J connectivity index is 2.05. The minimum absolute atomic E-state index is 0.0364. The molecule has 116 valence electrons. The van der Waals surface area contributed by atoms with Crippen molar-refractivity contribution in [2.24, 2.45) is 5.92 Å². The third-order valence-corrected chi connectivity index (χ3v) is 4.62. The highest BCUT2D eigenvalue weighted by Gasteiger charge is 2.27. The monoisotopic (exact) mass is 290 g/mol. The Labute approximate surface area is 126 Å². The second-order valence-electron chi connectivity index (χ2n) is 5.98. The lowest BCUT2D eigenvalue weighted by atomic mass is 9.93. The number of Topliss-reactive ketones (excluding diaryl/α,β-unsaturated/α-hetero) is 1. The number of carbonyl (C=O) groups is 2. The molecule has 4 heteroatoms. The highest BCUT2D eigenvalue weighted by molar-refractivity contribution is 6.04. The Morgan fingerprint density at radius 1 is 1.29 bits per heavy atom. The van der Waals surface area contributed by atoms with Crippen LogP contribution in [0.4, 0.5) is 0 Å². The second kappa shape index (κ2) is 6.92. The van der Waals surface area contributed by atoms with Gasteiger partial charge in [0, 0.05) is 18.7 Å². The summed E-state index contributed by atoms with van der Waals surface area (Å²) in [5.74, 6) is 0.772. The predicted molar refractivity (Wildman–Crippen MR) is 83.8 cm³/mol. The van der Waals surface area contributed by atoms with Gasteiger partial charge >= 0.3 is 0 Å². The number of amides is 1. The summed E-state index contributed by atoms with van der Waals surface area (Å²) in [5.41, 5.74) is 3.09. The maximum absolute atomic E-state index is 12.4. The van der Waals surface area contributed by atoms with Gasteiger partial charge in [-0.05, 0) is 37.7 Å². The average molecular weight is 290 g/mol. The molecule has 0 spiro atoms. The average Bonchev–Trinajstić information content (AvgIpc) is 2.81. The zero-order valence-electron chi connectivity index (χ0n) is 13.3. The number of hydrogen-bond acceptors (Lipinski definition) is 2. The largest absolute Gasteiger partial charge is 0.355 e. The summed E-state index contributed by atoms with van der Waals surface area (Å²) >= 11 is 0. The number of ketones is 1. The van der Waals surface area contributed by atoms with Gasteiger partial charge in [0.15, 0.2) is 5.78 Å². The molecular weight excluding hydrogens is 264 g/mol. The number of hydrogen-bond donors (Lipinski definition) is 2. The minimum Gasteiger partial charge on any atom is -0.355 e. The maximum Gasteiger partial charge on any atom is 0.253 e. The topological polar surface area (TPSA) is 62.0 Å². The van der Waals surface area contributed by atoms with Crippen LogP contribution in [-0.4, -0.2) is 23.2 Å². The molecule has 0 aliphatic heterocycles. The fraction of sp³-hybridized carbons (Fsp3) is 0.647. The van der Waals surface area contributed by atoms with Crippen LogP contribution in [-0.2, 0) is 6.42 Å². The van der Waals surface area contributed by atoms with E-state index in [0.29, 0.717) is 30.1 Å². The quantitative estimate of drug-likeness (QED) is 0.843. The normalized spacial score (nSPS) is 14.4. The third-order valence-electron chi connectivity index (χ3n) is 4.62. The van der Waals surface area contributed by atoms with Crippen molar-refractivity contribution in [2.75, 3.05) is 6.54 Å². The molecule has 0 atom stereocenters. The van der Waals surface area contributed by atoms with Gasteiger partial charge in [-0.25, -0.2) is 0 Å². The van der Waals surface area contributed by atoms with Crippen LogP contribution in [0.1, 0.15) is 78.1 Å². The summed E-state index contributed by atoms with van der Waals surface area (Å²) in [4.78, 5) is 27.4. The lowest BCUT2D eigenvalue weighted by Gasteiger charge is -2.14. The third kappa shape index (κ3) is 3.36. The molecule has 0 radical (unpaired) electrons. The van der Waals surface area contributed by atoms with Crippen molar-refractivity contribution < 1.29 is 9.59 Å². The Morgan fingerprint density at radius 3 is 2.67 bits per heavy atom. The van der Waals surface area contributed by atoms with Crippen LogP contribution in [0.25, 0.3) is 0 Å². The standard InChI is InChI=1S/C17H26N2O2/c1-4-12(5-2)9-10-18-17(21)15-11(3)19-16-13(15)7-6-8-14(16)20/h12,19H,4-10H2,1-3H3,(H,18,21). The lowest BCUT2D eigenvalue weighted by molar-refractivity contribution is 0.0949. The summed E-state index contributed by atoms with van der Waals surface area (Å²) in [6, 6.07) is 0. The zero-order valence-corrected chi connectivity index (χ0v) is 13.3. The van der Waals surface area contributed by atoms with E-state index in [1.807, 2.05) is 6.92 Å². The van der Waals surface area contributed by atoms with Crippen molar-refractivity contribution in [3.05, 3.63) is 22.5 Å². The second-order valence-corrected chi connectivity index (χ2v) is 5.98. The molecule has 0 fully saturated rings. The molecule has 1 aliphatic rings. The molecule has 0 aromatic carbocycles. The van der Waals surface area contributed by atoms with Crippen LogP contribution in [0, 0.1) is 12.8 Å². The zero-order chi connectivity index (χ0) is 15.4. The molecule has 21 heavy (non-hydrogen) atoms. The van der Waals surface area contributed by atoms with Crippen molar-refractivity contribution in [2.45, 2.75) is 59.3 Å². The number of H-pyrrole nitrogens is 1. The van der Waals surface area contributed by atoms with E-state index in [-0.39, 0.29) is 11.7 Å². The van der Waals surface area contributed by atoms with Crippen molar-refractivity contribution in [3.8, 4) is 0 Å². The first-order chi connectivity index (χ1) is 10.1. The molecule has 2 N–H and O–H groups in total. The van der Waals surface area contributed by atoms with E-state index < -0.39 is 0 Å². The molecule has 0 bridgehead atoms. The first-order valence-electron chi connectivity index (χ1n) is 8.11. The van der Waals surface area contributed by atoms with Gasteiger partial charge in [0.25, 0.3) is 5.91 Å². The number of rotatable bonds is 6. The molecule has 0 saturated carbocycles. The highest BCUT2D eigenvalue weighted by Crippen LogP contribution is 2.26. The van der Waals surface area contributed by atoms with Gasteiger partial charge in [-0.15, -0.1) is 0 Å². The summed E-state index contributed by atoms with van der Waals surface area (Å²) in [5, 5.41) is 3.02. The van der Waals surface area contributed by atoms with Gasteiger partial charge in [0.05, 0.1) is 11.3 Å². The summed E-state index contributed by atoms with van der Waals surface area (Å²) in [6.07, 6.45) is 5.57. The van der Waals surface area contributed by atoms with E-state index in [1.165, 1.54) is 0 Å². The molecule has 1 amide bonds. The number of fused-ring (bicyclic) bond motifs is 1. The van der Waals surface area contributed by atoms with E-state index in [4.69, 9.17) is 0 Å². The fourth-order valence-electron chi connectivity index (χ4n) is 3.20. The number of aromatic nitrogens is 1. The van der Waals surface area contributed by atoms with Crippen molar-refractivity contribution >= 4 is 11.7 Å². The molecule has 1 aliphatic carbocycles. The highest BCUT2D eigenvalue weighted by atomic mass is 16.1. The molecule has 1 heterocycles. The number of carbonyl (C=O) groups excluding carboxylic acids is 2. The van der Waals surface area contributed by atoms with Gasteiger partial charge in [-0.3, -0.25) is 9.59 Å². The van der Waals surface area contributed by atoms with Gasteiger partial charge in [0.1, 0.15) is 0 Å². The molecule has 1 aromatic heterocycles. The van der Waals surface area contributed by atoms with Crippen molar-refractivity contribution in [3.63, 3.8) is 0 Å². The van der Waals surface area contributed by atoms with Crippen LogP contribution >= 0.6 is 0 Å². The van der Waals surface area contributed by atoms with Crippen molar-refractivity contribution in [1.82, 2.24) is 10.3 Å². The fourth-order valence-corrected chi connectivity index (χ4v) is 3.20. The van der Waals surface area contributed by atoms with Crippen LogP contribution in [0.15, 0.2) is 0 Å². The molecule has 2 rings (SSSR count). The smallest absolute Gasteiger partial charge is 0.253 e. The Morgan fingerprint density at radius 2 is 2.00 bits per heavy atom. The Kier molecular flexibility index (Phi) is 5.21. The minimum atomic E-state index is -0.0364. The van der Waals surface area contributed by atoms with Gasteiger partial charge < -0.3 is 10.3 Å². The molecule has 0 saturated heterocycles. The lowest BCUT2D eigenvalue weighted by Crippen LogP contribution is -2.27. The first-order valence-corrected chi connectivity index (χ1v) is 8.11. The summed E-state index contributed by atoms with van der Waals surface area (Å²) < 4.78 is 0. The van der Waals surface area contributed by atoms with Gasteiger partial charge in [0.2, 0.25) is 0 Å². The SMILES string of the molecule is CCC(CC)CCNC(=O)c1c(C)[nH]c2c1CCCC2=O. The van der Waals surface area contributed by atoms with Crippen LogP contribution < -0.4 is 5.32 Å². The Hall–Kier alpha value is -1.58. The summed E-state index contributed by atoms with van der Waals surface area (Å²) in [7, 11) is 0. The molecule has 0 unspecified atom stereocenters. The van der Waals surface area contributed by atoms with E-state index >= 15 is 0 Å². The number of aryl methyl sites for hydroxylation is 1. The predicted octanol–water partition coefficient (Wildman–Crippen LogP) is 3.40. The molecule has 1 aromatic rings. The Bertz CT molecular complexity index is 527. The molecular formula is C17H26N2O2. The van der Waals surface area contributed by atoms with Crippen molar-refractivity contribution in [1.29, 1.82) is 0 Å². The van der Waals surface area contributed by atoms with Gasteiger partial charge in [-0.1, -0.05) is 26.7 Å². The van der Waals surface area contributed by atoms with E-state index in [9.17, 15) is 9.59 Å². The number of nitrogens with one attached hydrogen (secondary N) is 2. The van der Waals surface area contributed by atoms with Crippen LogP contribution in [0.2, 0.25) is 0 Å². The maximum atomic E-state index is 12.4. The van der Waals surface area contributed by atoms with E-state index in [2.05, 4.69) is 24.1 Å². The van der Waals surface area contributed by atoms with E-state index in [0.717, 1.165) is 43.4 Å². The first kappa shape index (κ1) is 15.8. The van der Waals surface area contributed by atoms with E-state index in [1.54, 1.807) is 0 Å². The summed E-state index contributed by atoms with van der Waals surface area (Å²) in [6.45, 7) is 6.96. The molecule has 4 nitrogen and oxygen atoms in total. The van der Waals surface area contributed by atoms with Crippen LogP contribution in [0.5, 0.6) is 0 Å². The van der Waals surface area contributed by atoms with Gasteiger partial charge in [-0.2, -0.15) is 0 Å². The number of aromatic amines is 1. The van der Waals surface area contributed by atoms with Crippen LogP contribution in [0.3, 0.4) is 0 Å².